The van der Waals surface area contributed by atoms with Crippen molar-refractivity contribution in [1.82, 2.24) is 15.1 Å². The van der Waals surface area contributed by atoms with Crippen LogP contribution in [0.3, 0.4) is 0 Å². The molecule has 2 atom stereocenters. The summed E-state index contributed by atoms with van der Waals surface area (Å²) in [6.07, 6.45) is 6.65. The molecule has 1 amide bonds. The van der Waals surface area contributed by atoms with Gasteiger partial charge in [0.2, 0.25) is 0 Å². The molecule has 0 saturated heterocycles. The number of carbonyl (C=O) groups excluding carboxylic acids is 1. The first-order valence-electron chi connectivity index (χ1n) is 12.8. The van der Waals surface area contributed by atoms with Crippen molar-refractivity contribution < 1.29 is 18.7 Å². The minimum absolute atomic E-state index is 0.0476. The summed E-state index contributed by atoms with van der Waals surface area (Å²) in [5.41, 5.74) is 2.53. The molecule has 0 bridgehead atoms. The zero-order valence-corrected chi connectivity index (χ0v) is 21.7. The Morgan fingerprint density at radius 2 is 1.89 bits per heavy atom. The number of fused-ring (bicyclic) bond motifs is 2. The van der Waals surface area contributed by atoms with E-state index in [0.29, 0.717) is 31.2 Å². The van der Waals surface area contributed by atoms with Crippen molar-refractivity contribution in [2.75, 3.05) is 0 Å². The largest absolute Gasteiger partial charge is 0.389 e. The van der Waals surface area contributed by atoms with E-state index < -0.39 is 28.3 Å². The Hall–Kier alpha value is -3.32. The molecular weight excluding hydrogens is 472 g/mol. The van der Waals surface area contributed by atoms with Crippen LogP contribution in [-0.2, 0) is 12.8 Å². The van der Waals surface area contributed by atoms with Gasteiger partial charge in [0.25, 0.3) is 5.91 Å². The Kier molecular flexibility index (Phi) is 6.10. The summed E-state index contributed by atoms with van der Waals surface area (Å²) < 4.78 is 30.0. The molecule has 1 aromatic heterocycles. The third-order valence-electron chi connectivity index (χ3n) is 7.98. The SMILES string of the molecule is CC(C)(C)NC(=O)c1c(F)cccc1CC[C@]1(O)CCC2=Cc3c(cnn3-c3ccc(F)cc3)C[C@@]21C. The highest BCUT2D eigenvalue weighted by molar-refractivity contribution is 5.96. The van der Waals surface area contributed by atoms with E-state index in [1.54, 1.807) is 24.3 Å². The minimum Gasteiger partial charge on any atom is -0.389 e. The van der Waals surface area contributed by atoms with E-state index in [1.807, 2.05) is 31.6 Å². The molecule has 194 valence electrons. The molecule has 5 nitrogen and oxygen atoms in total. The van der Waals surface area contributed by atoms with Crippen molar-refractivity contribution in [3.8, 4) is 5.69 Å². The molecule has 0 aliphatic heterocycles. The number of hydrogen-bond acceptors (Lipinski definition) is 3. The van der Waals surface area contributed by atoms with Crippen LogP contribution < -0.4 is 5.32 Å². The van der Waals surface area contributed by atoms with Gasteiger partial charge in [-0.1, -0.05) is 24.6 Å². The lowest BCUT2D eigenvalue weighted by molar-refractivity contribution is -0.0462. The molecule has 0 spiro atoms. The Labute approximate surface area is 216 Å². The van der Waals surface area contributed by atoms with Crippen LogP contribution in [0.2, 0.25) is 0 Å². The molecule has 2 N–H and O–H groups in total. The first kappa shape index (κ1) is 25.3. The van der Waals surface area contributed by atoms with Crippen molar-refractivity contribution in [3.63, 3.8) is 0 Å². The van der Waals surface area contributed by atoms with Crippen molar-refractivity contribution >= 4 is 12.0 Å². The first-order valence-corrected chi connectivity index (χ1v) is 12.8. The molecule has 2 aliphatic rings. The number of aliphatic hydroxyl groups is 1. The van der Waals surface area contributed by atoms with Crippen LogP contribution in [0.25, 0.3) is 11.8 Å². The normalized spacial score (nSPS) is 22.8. The van der Waals surface area contributed by atoms with Gasteiger partial charge in [-0.15, -0.1) is 0 Å². The number of nitrogens with zero attached hydrogens (tertiary/aromatic N) is 2. The maximum absolute atomic E-state index is 14.8. The number of hydrogen-bond donors (Lipinski definition) is 2. The fraction of sp³-hybridized carbons (Fsp3) is 0.400. The number of halogens is 2. The van der Waals surface area contributed by atoms with E-state index in [9.17, 15) is 18.7 Å². The van der Waals surface area contributed by atoms with Crippen LogP contribution in [0.1, 0.15) is 74.1 Å². The molecule has 5 rings (SSSR count). The van der Waals surface area contributed by atoms with Gasteiger partial charge in [0.05, 0.1) is 28.7 Å². The molecule has 2 aromatic carbocycles. The maximum atomic E-state index is 14.8. The second kappa shape index (κ2) is 8.91. The van der Waals surface area contributed by atoms with Gasteiger partial charge in [-0.05, 0) is 100 Å². The average molecular weight is 506 g/mol. The fourth-order valence-electron chi connectivity index (χ4n) is 5.89. The predicted octanol–water partition coefficient (Wildman–Crippen LogP) is 5.78. The molecule has 2 aliphatic carbocycles. The Bertz CT molecular complexity index is 1390. The number of nitrogens with one attached hydrogen (secondary N) is 1. The third kappa shape index (κ3) is 4.50. The molecule has 1 fully saturated rings. The maximum Gasteiger partial charge on any atom is 0.254 e. The van der Waals surface area contributed by atoms with Crippen LogP contribution in [0.5, 0.6) is 0 Å². The smallest absolute Gasteiger partial charge is 0.254 e. The summed E-state index contributed by atoms with van der Waals surface area (Å²) in [5.74, 6) is -1.30. The van der Waals surface area contributed by atoms with Gasteiger partial charge in [-0.25, -0.2) is 13.5 Å². The van der Waals surface area contributed by atoms with Gasteiger partial charge in [0.15, 0.2) is 0 Å². The van der Waals surface area contributed by atoms with E-state index in [2.05, 4.69) is 23.4 Å². The lowest BCUT2D eigenvalue weighted by Crippen LogP contribution is -2.45. The van der Waals surface area contributed by atoms with Gasteiger partial charge in [0.1, 0.15) is 11.6 Å². The Balaban J connectivity index is 1.41. The number of benzene rings is 2. The Morgan fingerprint density at radius 1 is 1.16 bits per heavy atom. The second-order valence-corrected chi connectivity index (χ2v) is 11.6. The molecule has 7 heteroatoms. The standard InChI is InChI=1S/C30H33F2N3O2/c1-28(2,3)34-27(36)26-19(6-5-7-24(26)32)12-14-30(37)15-13-21-16-25-20(17-29(21,30)4)18-33-35(25)23-10-8-22(31)9-11-23/h5-11,16,18,37H,12-15,17H2,1-4H3,(H,34,36)/t29-,30-/m0/s1. The summed E-state index contributed by atoms with van der Waals surface area (Å²) in [6.45, 7) is 7.66. The first-order chi connectivity index (χ1) is 17.4. The zero-order valence-electron chi connectivity index (χ0n) is 21.7. The van der Waals surface area contributed by atoms with Crippen molar-refractivity contribution in [2.24, 2.45) is 5.41 Å². The number of carbonyl (C=O) groups is 1. The summed E-state index contributed by atoms with van der Waals surface area (Å²) in [7, 11) is 0. The Morgan fingerprint density at radius 3 is 2.59 bits per heavy atom. The number of aromatic nitrogens is 2. The van der Waals surface area contributed by atoms with E-state index in [1.165, 1.54) is 18.2 Å². The molecule has 3 aromatic rings. The summed E-state index contributed by atoms with van der Waals surface area (Å²) in [4.78, 5) is 12.9. The quantitative estimate of drug-likeness (QED) is 0.462. The molecule has 0 unspecified atom stereocenters. The number of rotatable bonds is 5. The highest BCUT2D eigenvalue weighted by Gasteiger charge is 2.54. The van der Waals surface area contributed by atoms with Crippen LogP contribution in [0.4, 0.5) is 8.78 Å². The predicted molar refractivity (Wildman–Crippen MR) is 139 cm³/mol. The van der Waals surface area contributed by atoms with E-state index in [4.69, 9.17) is 0 Å². The number of aryl methyl sites for hydroxylation is 1. The van der Waals surface area contributed by atoms with Gasteiger partial charge >= 0.3 is 0 Å². The van der Waals surface area contributed by atoms with Crippen LogP contribution in [-0.4, -0.2) is 31.9 Å². The lowest BCUT2D eigenvalue weighted by atomic mass is 9.65. The van der Waals surface area contributed by atoms with Crippen molar-refractivity contribution in [1.29, 1.82) is 0 Å². The highest BCUT2D eigenvalue weighted by Crippen LogP contribution is 2.56. The van der Waals surface area contributed by atoms with Crippen LogP contribution in [0.15, 0.2) is 54.2 Å². The summed E-state index contributed by atoms with van der Waals surface area (Å²) in [5, 5.41) is 19.4. The van der Waals surface area contributed by atoms with E-state index in [-0.39, 0.29) is 11.4 Å². The average Bonchev–Trinajstić information content (AvgIpc) is 3.33. The zero-order chi connectivity index (χ0) is 26.6. The van der Waals surface area contributed by atoms with E-state index >= 15 is 0 Å². The third-order valence-corrected chi connectivity index (χ3v) is 7.98. The topological polar surface area (TPSA) is 67.2 Å². The van der Waals surface area contributed by atoms with Gasteiger partial charge in [0, 0.05) is 11.0 Å². The number of amides is 1. The molecule has 0 radical (unpaired) electrons. The molecule has 1 heterocycles. The monoisotopic (exact) mass is 505 g/mol. The van der Waals surface area contributed by atoms with Gasteiger partial charge in [-0.3, -0.25) is 4.79 Å². The van der Waals surface area contributed by atoms with Crippen LogP contribution in [0, 0.1) is 17.0 Å². The summed E-state index contributed by atoms with van der Waals surface area (Å²) >= 11 is 0. The van der Waals surface area contributed by atoms with Gasteiger partial charge in [-0.2, -0.15) is 5.10 Å². The fourth-order valence-corrected chi connectivity index (χ4v) is 5.89. The molecule has 1 saturated carbocycles. The molecular formula is C30H33F2N3O2. The highest BCUT2D eigenvalue weighted by atomic mass is 19.1. The van der Waals surface area contributed by atoms with E-state index in [0.717, 1.165) is 28.9 Å². The lowest BCUT2D eigenvalue weighted by Gasteiger charge is -2.42. The van der Waals surface area contributed by atoms with Gasteiger partial charge < -0.3 is 10.4 Å². The van der Waals surface area contributed by atoms with Crippen molar-refractivity contribution in [3.05, 3.63) is 88.3 Å². The molecule has 37 heavy (non-hydrogen) atoms. The van der Waals surface area contributed by atoms with Crippen molar-refractivity contribution in [2.45, 2.75) is 70.9 Å². The van der Waals surface area contributed by atoms with Crippen LogP contribution >= 0.6 is 0 Å². The second-order valence-electron chi connectivity index (χ2n) is 11.6. The summed E-state index contributed by atoms with van der Waals surface area (Å²) in [6, 6.07) is 10.9. The minimum atomic E-state index is -1.02.